The number of rotatable bonds is 8. The smallest absolute Gasteiger partial charge is 0.322 e. The van der Waals surface area contributed by atoms with Crippen LogP contribution in [0, 0.1) is 6.92 Å². The number of ether oxygens (including phenoxy) is 2. The average molecular weight is 402 g/mol. The van der Waals surface area contributed by atoms with Gasteiger partial charge in [0.15, 0.2) is 5.82 Å². The first kappa shape index (κ1) is 20.7. The molecule has 156 valence electrons. The summed E-state index contributed by atoms with van der Waals surface area (Å²) < 4.78 is 16.2. The first-order chi connectivity index (χ1) is 14.0. The van der Waals surface area contributed by atoms with Crippen LogP contribution >= 0.6 is 0 Å². The molecule has 0 unspecified atom stereocenters. The first-order valence-corrected chi connectivity index (χ1v) is 9.67. The summed E-state index contributed by atoms with van der Waals surface area (Å²) in [6.45, 7) is 4.92. The third kappa shape index (κ3) is 5.95. The second-order valence-corrected chi connectivity index (χ2v) is 6.75. The number of carbonyl (C=O) groups excluding carboxylic acids is 2. The number of nitrogens with zero attached hydrogens (tertiary/aromatic N) is 2. The van der Waals surface area contributed by atoms with E-state index in [-0.39, 0.29) is 18.6 Å². The lowest BCUT2D eigenvalue weighted by molar-refractivity contribution is -0.117. The molecule has 29 heavy (non-hydrogen) atoms. The van der Waals surface area contributed by atoms with Crippen molar-refractivity contribution in [2.75, 3.05) is 36.9 Å². The van der Waals surface area contributed by atoms with Crippen molar-refractivity contribution in [2.45, 2.75) is 32.8 Å². The minimum atomic E-state index is -0.404. The molecule has 0 aliphatic carbocycles. The molecular formula is C20H26N4O5. The van der Waals surface area contributed by atoms with E-state index in [0.717, 1.165) is 12.8 Å². The van der Waals surface area contributed by atoms with Crippen molar-refractivity contribution in [1.29, 1.82) is 0 Å². The van der Waals surface area contributed by atoms with Gasteiger partial charge in [-0.15, -0.1) is 0 Å². The van der Waals surface area contributed by atoms with Gasteiger partial charge in [0.1, 0.15) is 18.1 Å². The number of anilines is 2. The number of hydrogen-bond donors (Lipinski definition) is 2. The zero-order valence-corrected chi connectivity index (χ0v) is 16.6. The van der Waals surface area contributed by atoms with Crippen LogP contribution < -0.4 is 15.4 Å². The maximum Gasteiger partial charge on any atom is 0.322 e. The molecule has 0 radical (unpaired) electrons. The first-order valence-electron chi connectivity index (χ1n) is 9.67. The van der Waals surface area contributed by atoms with E-state index in [1.165, 1.54) is 4.90 Å². The summed E-state index contributed by atoms with van der Waals surface area (Å²) in [5, 5.41) is 9.22. The van der Waals surface area contributed by atoms with Crippen LogP contribution in [0.3, 0.4) is 0 Å². The Hall–Kier alpha value is -3.07. The van der Waals surface area contributed by atoms with Crippen LogP contribution in [0.1, 0.15) is 25.5 Å². The van der Waals surface area contributed by atoms with E-state index >= 15 is 0 Å². The fourth-order valence-corrected chi connectivity index (χ4v) is 3.08. The Morgan fingerprint density at radius 1 is 1.31 bits per heavy atom. The Bertz CT molecular complexity index is 832. The van der Waals surface area contributed by atoms with Crippen molar-refractivity contribution in [2.24, 2.45) is 0 Å². The van der Waals surface area contributed by atoms with Crippen molar-refractivity contribution in [3.63, 3.8) is 0 Å². The average Bonchev–Trinajstić information content (AvgIpc) is 3.34. The molecule has 9 heteroatoms. The highest BCUT2D eigenvalue weighted by Crippen LogP contribution is 2.24. The van der Waals surface area contributed by atoms with E-state index in [4.69, 9.17) is 14.0 Å². The predicted molar refractivity (Wildman–Crippen MR) is 107 cm³/mol. The zero-order valence-electron chi connectivity index (χ0n) is 16.6. The summed E-state index contributed by atoms with van der Waals surface area (Å²) in [6.07, 6.45) is 1.70. The Kier molecular flexibility index (Phi) is 7.07. The lowest BCUT2D eigenvalue weighted by atomic mass is 10.2. The molecule has 1 aromatic carbocycles. The molecule has 3 rings (SSSR count). The lowest BCUT2D eigenvalue weighted by Gasteiger charge is -2.25. The second-order valence-electron chi connectivity index (χ2n) is 6.75. The van der Waals surface area contributed by atoms with E-state index in [1.807, 2.05) is 19.1 Å². The molecule has 1 saturated heterocycles. The summed E-state index contributed by atoms with van der Waals surface area (Å²) in [6, 6.07) is 8.38. The molecule has 0 bridgehead atoms. The van der Waals surface area contributed by atoms with Crippen molar-refractivity contribution < 1.29 is 23.6 Å². The molecule has 0 spiro atoms. The van der Waals surface area contributed by atoms with Crippen molar-refractivity contribution in [3.8, 4) is 5.75 Å². The minimum absolute atomic E-state index is 0.0926. The summed E-state index contributed by atoms with van der Waals surface area (Å²) in [4.78, 5) is 26.8. The molecule has 1 aliphatic heterocycles. The molecule has 1 atom stereocenters. The van der Waals surface area contributed by atoms with E-state index in [0.29, 0.717) is 42.8 Å². The molecule has 2 aromatic rings. The number of amides is 3. The van der Waals surface area contributed by atoms with E-state index in [2.05, 4.69) is 15.8 Å². The van der Waals surface area contributed by atoms with Gasteiger partial charge in [0, 0.05) is 19.2 Å². The van der Waals surface area contributed by atoms with Gasteiger partial charge >= 0.3 is 6.03 Å². The Labute approximate surface area is 169 Å². The Morgan fingerprint density at radius 2 is 2.14 bits per heavy atom. The van der Waals surface area contributed by atoms with Gasteiger partial charge in [-0.2, -0.15) is 0 Å². The third-order valence-corrected chi connectivity index (χ3v) is 4.39. The Morgan fingerprint density at radius 3 is 2.83 bits per heavy atom. The highest BCUT2D eigenvalue weighted by Gasteiger charge is 2.25. The molecule has 0 saturated carbocycles. The summed E-state index contributed by atoms with van der Waals surface area (Å²) in [5.41, 5.74) is 0.546. The highest BCUT2D eigenvalue weighted by atomic mass is 16.5. The molecule has 2 N–H and O–H groups in total. The summed E-state index contributed by atoms with van der Waals surface area (Å²) in [5.74, 6) is 1.10. The minimum Gasteiger partial charge on any atom is -0.492 e. The zero-order chi connectivity index (χ0) is 20.6. The fraction of sp³-hybridized carbons (Fsp3) is 0.450. The van der Waals surface area contributed by atoms with Crippen LogP contribution in [0.4, 0.5) is 16.3 Å². The van der Waals surface area contributed by atoms with Crippen LogP contribution in [0.25, 0.3) is 0 Å². The number of carbonyl (C=O) groups is 2. The number of para-hydroxylation sites is 2. The molecule has 1 aromatic heterocycles. The van der Waals surface area contributed by atoms with Crippen LogP contribution in [0.2, 0.25) is 0 Å². The maximum absolute atomic E-state index is 12.9. The van der Waals surface area contributed by atoms with Gasteiger partial charge in [-0.05, 0) is 38.8 Å². The molecule has 1 fully saturated rings. The van der Waals surface area contributed by atoms with Gasteiger partial charge in [0.05, 0.1) is 18.4 Å². The molecule has 1 aliphatic rings. The van der Waals surface area contributed by atoms with Crippen molar-refractivity contribution in [3.05, 3.63) is 36.1 Å². The van der Waals surface area contributed by atoms with E-state index < -0.39 is 6.03 Å². The molecular weight excluding hydrogens is 376 g/mol. The third-order valence-electron chi connectivity index (χ3n) is 4.39. The van der Waals surface area contributed by atoms with Crippen LogP contribution in [0.5, 0.6) is 5.75 Å². The fourth-order valence-electron chi connectivity index (χ4n) is 3.08. The van der Waals surface area contributed by atoms with Crippen LogP contribution in [-0.2, 0) is 9.53 Å². The van der Waals surface area contributed by atoms with Gasteiger partial charge in [-0.1, -0.05) is 17.3 Å². The quantitative estimate of drug-likeness (QED) is 0.703. The van der Waals surface area contributed by atoms with Gasteiger partial charge in [-0.3, -0.25) is 4.79 Å². The van der Waals surface area contributed by atoms with E-state index in [1.54, 1.807) is 25.1 Å². The summed E-state index contributed by atoms with van der Waals surface area (Å²) in [7, 11) is 0. The highest BCUT2D eigenvalue weighted by molar-refractivity contribution is 5.97. The predicted octanol–water partition coefficient (Wildman–Crippen LogP) is 3.03. The van der Waals surface area contributed by atoms with Gasteiger partial charge in [0.25, 0.3) is 0 Å². The topological polar surface area (TPSA) is 106 Å². The SMILES string of the molecule is CCOc1ccccc1NC(=O)N(CC(=O)Nc1cc(C)on1)C[C@H]1CCCO1. The second kappa shape index (κ2) is 9.92. The number of aromatic nitrogens is 1. The molecule has 3 amide bonds. The number of nitrogens with one attached hydrogen (secondary N) is 2. The summed E-state index contributed by atoms with van der Waals surface area (Å²) >= 11 is 0. The molecule has 9 nitrogen and oxygen atoms in total. The monoisotopic (exact) mass is 402 g/mol. The van der Waals surface area contributed by atoms with Crippen LogP contribution in [0.15, 0.2) is 34.9 Å². The standard InChI is InChI=1S/C20H26N4O5/c1-3-27-17-9-5-4-8-16(17)21-20(26)24(12-15-7-6-10-28-15)13-19(25)22-18-11-14(2)29-23-18/h4-5,8-9,11,15H,3,6-7,10,12-13H2,1-2H3,(H,21,26)(H,22,23,25)/t15-/m1/s1. The normalized spacial score (nSPS) is 15.7. The largest absolute Gasteiger partial charge is 0.492 e. The van der Waals surface area contributed by atoms with Gasteiger partial charge in [0.2, 0.25) is 5.91 Å². The molecule has 2 heterocycles. The lowest BCUT2D eigenvalue weighted by Crippen LogP contribution is -2.44. The number of urea groups is 1. The number of hydrogen-bond acceptors (Lipinski definition) is 6. The number of benzene rings is 1. The van der Waals surface area contributed by atoms with Crippen molar-refractivity contribution in [1.82, 2.24) is 10.1 Å². The van der Waals surface area contributed by atoms with Crippen molar-refractivity contribution >= 4 is 23.4 Å². The number of aryl methyl sites for hydroxylation is 1. The van der Waals surface area contributed by atoms with Gasteiger partial charge < -0.3 is 29.5 Å². The van der Waals surface area contributed by atoms with Gasteiger partial charge in [-0.25, -0.2) is 4.79 Å². The Balaban J connectivity index is 1.68. The van der Waals surface area contributed by atoms with E-state index in [9.17, 15) is 9.59 Å². The maximum atomic E-state index is 12.9. The van der Waals surface area contributed by atoms with Crippen LogP contribution in [-0.4, -0.2) is 54.4 Å².